The van der Waals surface area contributed by atoms with Gasteiger partial charge in [0.2, 0.25) is 0 Å². The fourth-order valence-corrected chi connectivity index (χ4v) is 3.52. The van der Waals surface area contributed by atoms with E-state index in [1.54, 1.807) is 0 Å². The van der Waals surface area contributed by atoms with Crippen LogP contribution in [0.1, 0.15) is 51.5 Å². The van der Waals surface area contributed by atoms with Crippen molar-refractivity contribution in [1.29, 1.82) is 0 Å². The Morgan fingerprint density at radius 1 is 1.28 bits per heavy atom. The van der Waals surface area contributed by atoms with Crippen LogP contribution in [0.15, 0.2) is 17.5 Å². The molecule has 0 saturated heterocycles. The van der Waals surface area contributed by atoms with Crippen molar-refractivity contribution in [2.45, 2.75) is 52.6 Å². The van der Waals surface area contributed by atoms with E-state index < -0.39 is 0 Å². The molecule has 104 valence electrons. The highest BCUT2D eigenvalue weighted by atomic mass is 32.1. The van der Waals surface area contributed by atoms with E-state index >= 15 is 0 Å². The van der Waals surface area contributed by atoms with E-state index in [0.717, 1.165) is 19.0 Å². The van der Waals surface area contributed by atoms with Gasteiger partial charge in [0.25, 0.3) is 0 Å². The van der Waals surface area contributed by atoms with Crippen LogP contribution in [-0.2, 0) is 0 Å². The Morgan fingerprint density at radius 3 is 2.33 bits per heavy atom. The predicted molar refractivity (Wildman–Crippen MR) is 82.0 cm³/mol. The zero-order chi connectivity index (χ0) is 13.5. The highest BCUT2D eigenvalue weighted by molar-refractivity contribution is 7.10. The molecule has 2 N–H and O–H groups in total. The monoisotopic (exact) mass is 268 g/mol. The SMILES string of the molecule is CCC(CC)CN(CC)C(c1cccs1)C(C)N. The van der Waals surface area contributed by atoms with Crippen molar-refractivity contribution in [3.63, 3.8) is 0 Å². The summed E-state index contributed by atoms with van der Waals surface area (Å²) in [6.07, 6.45) is 2.51. The van der Waals surface area contributed by atoms with Crippen molar-refractivity contribution in [3.8, 4) is 0 Å². The van der Waals surface area contributed by atoms with Gasteiger partial charge in [-0.05, 0) is 30.8 Å². The number of hydrogen-bond acceptors (Lipinski definition) is 3. The normalized spacial score (nSPS) is 15.3. The minimum Gasteiger partial charge on any atom is -0.326 e. The average Bonchev–Trinajstić information content (AvgIpc) is 2.87. The fraction of sp³-hybridized carbons (Fsp3) is 0.733. The van der Waals surface area contributed by atoms with Gasteiger partial charge in [0.15, 0.2) is 0 Å². The second-order valence-electron chi connectivity index (χ2n) is 5.09. The quantitative estimate of drug-likeness (QED) is 0.775. The molecule has 1 rings (SSSR count). The molecule has 0 bridgehead atoms. The van der Waals surface area contributed by atoms with Crippen molar-refractivity contribution in [1.82, 2.24) is 4.90 Å². The summed E-state index contributed by atoms with van der Waals surface area (Å²) < 4.78 is 0. The van der Waals surface area contributed by atoms with Crippen molar-refractivity contribution in [2.24, 2.45) is 11.7 Å². The molecule has 0 saturated carbocycles. The summed E-state index contributed by atoms with van der Waals surface area (Å²) in [5.74, 6) is 0.783. The summed E-state index contributed by atoms with van der Waals surface area (Å²) in [4.78, 5) is 3.95. The summed E-state index contributed by atoms with van der Waals surface area (Å²) >= 11 is 1.82. The molecule has 0 spiro atoms. The average molecular weight is 268 g/mol. The van der Waals surface area contributed by atoms with E-state index in [-0.39, 0.29) is 6.04 Å². The number of rotatable bonds is 8. The Hall–Kier alpha value is -0.380. The van der Waals surface area contributed by atoms with Crippen LogP contribution >= 0.6 is 11.3 Å². The van der Waals surface area contributed by atoms with Gasteiger partial charge < -0.3 is 5.73 Å². The van der Waals surface area contributed by atoms with E-state index in [9.17, 15) is 0 Å². The summed E-state index contributed by atoms with van der Waals surface area (Å²) in [6, 6.07) is 4.89. The molecular weight excluding hydrogens is 240 g/mol. The Labute approximate surface area is 116 Å². The second kappa shape index (κ2) is 7.93. The third-order valence-corrected chi connectivity index (χ3v) is 4.72. The minimum absolute atomic E-state index is 0.179. The minimum atomic E-state index is 0.179. The fourth-order valence-electron chi connectivity index (χ4n) is 2.55. The molecule has 0 radical (unpaired) electrons. The van der Waals surface area contributed by atoms with E-state index in [4.69, 9.17) is 5.73 Å². The molecule has 0 aliphatic heterocycles. The molecule has 2 unspecified atom stereocenters. The van der Waals surface area contributed by atoms with Gasteiger partial charge in [0, 0.05) is 17.5 Å². The molecule has 2 atom stereocenters. The third-order valence-electron chi connectivity index (χ3n) is 3.78. The van der Waals surface area contributed by atoms with Gasteiger partial charge in [0.05, 0.1) is 6.04 Å². The lowest BCUT2D eigenvalue weighted by atomic mass is 10.00. The van der Waals surface area contributed by atoms with Crippen LogP contribution in [0.5, 0.6) is 0 Å². The maximum absolute atomic E-state index is 6.23. The van der Waals surface area contributed by atoms with E-state index in [1.807, 2.05) is 11.3 Å². The van der Waals surface area contributed by atoms with Crippen LogP contribution in [0.2, 0.25) is 0 Å². The number of thiophene rings is 1. The van der Waals surface area contributed by atoms with Crippen molar-refractivity contribution in [3.05, 3.63) is 22.4 Å². The van der Waals surface area contributed by atoms with E-state index in [1.165, 1.54) is 17.7 Å². The molecule has 2 nitrogen and oxygen atoms in total. The number of nitrogens with two attached hydrogens (primary N) is 1. The van der Waals surface area contributed by atoms with Crippen molar-refractivity contribution < 1.29 is 0 Å². The summed E-state index contributed by atoms with van der Waals surface area (Å²) in [7, 11) is 0. The first-order chi connectivity index (χ1) is 8.63. The molecule has 0 aliphatic rings. The van der Waals surface area contributed by atoms with Gasteiger partial charge in [-0.15, -0.1) is 11.3 Å². The zero-order valence-electron chi connectivity index (χ0n) is 12.2. The van der Waals surface area contributed by atoms with Gasteiger partial charge in [-0.3, -0.25) is 4.90 Å². The first-order valence-corrected chi connectivity index (χ1v) is 8.04. The Bertz CT molecular complexity index is 304. The molecule has 3 heteroatoms. The molecule has 0 aliphatic carbocycles. The topological polar surface area (TPSA) is 29.3 Å². The maximum atomic E-state index is 6.23. The van der Waals surface area contributed by atoms with Gasteiger partial charge in [0.1, 0.15) is 0 Å². The second-order valence-corrected chi connectivity index (χ2v) is 6.07. The lowest BCUT2D eigenvalue weighted by Gasteiger charge is -2.35. The molecule has 0 amide bonds. The first-order valence-electron chi connectivity index (χ1n) is 7.16. The molecular formula is C15H28N2S. The molecule has 1 heterocycles. The first kappa shape index (κ1) is 15.7. The zero-order valence-corrected chi connectivity index (χ0v) is 13.0. The van der Waals surface area contributed by atoms with Crippen molar-refractivity contribution in [2.75, 3.05) is 13.1 Å². The highest BCUT2D eigenvalue weighted by Crippen LogP contribution is 2.28. The highest BCUT2D eigenvalue weighted by Gasteiger charge is 2.25. The number of hydrogen-bond donors (Lipinski definition) is 1. The van der Waals surface area contributed by atoms with Crippen molar-refractivity contribution >= 4 is 11.3 Å². The predicted octanol–water partition coefficient (Wildman–Crippen LogP) is 3.89. The van der Waals surface area contributed by atoms with Gasteiger partial charge in [-0.25, -0.2) is 0 Å². The van der Waals surface area contributed by atoms with Gasteiger partial charge in [-0.1, -0.05) is 39.7 Å². The van der Waals surface area contributed by atoms with Crippen LogP contribution in [0.3, 0.4) is 0 Å². The van der Waals surface area contributed by atoms with Crippen LogP contribution in [-0.4, -0.2) is 24.0 Å². The molecule has 0 fully saturated rings. The van der Waals surface area contributed by atoms with Crippen LogP contribution in [0.4, 0.5) is 0 Å². The lowest BCUT2D eigenvalue weighted by molar-refractivity contribution is 0.156. The summed E-state index contributed by atoms with van der Waals surface area (Å²) in [5, 5.41) is 2.15. The Balaban J connectivity index is 2.81. The molecule has 18 heavy (non-hydrogen) atoms. The third kappa shape index (κ3) is 4.08. The van der Waals surface area contributed by atoms with Crippen LogP contribution < -0.4 is 5.73 Å². The van der Waals surface area contributed by atoms with Gasteiger partial charge in [-0.2, -0.15) is 0 Å². The van der Waals surface area contributed by atoms with E-state index in [2.05, 4.69) is 50.1 Å². The summed E-state index contributed by atoms with van der Waals surface area (Å²) in [5.41, 5.74) is 6.23. The molecule has 1 aromatic rings. The number of nitrogens with zero attached hydrogens (tertiary/aromatic N) is 1. The van der Waals surface area contributed by atoms with Gasteiger partial charge >= 0.3 is 0 Å². The van der Waals surface area contributed by atoms with E-state index in [0.29, 0.717) is 6.04 Å². The standard InChI is InChI=1S/C15H28N2S/c1-5-13(6-2)11-17(7-3)15(12(4)16)14-9-8-10-18-14/h8-10,12-13,15H,5-7,11,16H2,1-4H3. The molecule has 0 aromatic carbocycles. The number of likely N-dealkylation sites (N-methyl/N-ethyl adjacent to an activating group) is 1. The Kier molecular flexibility index (Phi) is 6.90. The largest absolute Gasteiger partial charge is 0.326 e. The smallest absolute Gasteiger partial charge is 0.0590 e. The summed E-state index contributed by atoms with van der Waals surface area (Å²) in [6.45, 7) is 11.2. The van der Waals surface area contributed by atoms with Crippen LogP contribution in [0.25, 0.3) is 0 Å². The maximum Gasteiger partial charge on any atom is 0.0590 e. The molecule has 1 aromatic heterocycles. The lowest BCUT2D eigenvalue weighted by Crippen LogP contribution is -2.41. The Morgan fingerprint density at radius 2 is 1.94 bits per heavy atom. The van der Waals surface area contributed by atoms with Crippen LogP contribution in [0, 0.1) is 5.92 Å².